The third-order valence-electron chi connectivity index (χ3n) is 4.19. The van der Waals surface area contributed by atoms with Gasteiger partial charge >= 0.3 is 5.97 Å². The molecular weight excluding hydrogens is 330 g/mol. The second-order valence-corrected chi connectivity index (χ2v) is 5.85. The van der Waals surface area contributed by atoms with Crippen molar-refractivity contribution in [3.05, 3.63) is 72.2 Å². The Morgan fingerprint density at radius 1 is 1.12 bits per heavy atom. The molecule has 26 heavy (non-hydrogen) atoms. The van der Waals surface area contributed by atoms with Crippen molar-refractivity contribution >= 4 is 5.97 Å². The molecule has 0 bridgehead atoms. The Hall–Kier alpha value is -3.74. The van der Waals surface area contributed by atoms with Gasteiger partial charge in [-0.1, -0.05) is 41.6 Å². The summed E-state index contributed by atoms with van der Waals surface area (Å²) in [5.41, 5.74) is 5.35. The summed E-state index contributed by atoms with van der Waals surface area (Å²) in [4.78, 5) is 11.4. The van der Waals surface area contributed by atoms with Crippen molar-refractivity contribution < 1.29 is 9.90 Å². The first-order valence-electron chi connectivity index (χ1n) is 8.00. The van der Waals surface area contributed by atoms with Gasteiger partial charge in [-0.15, -0.1) is 5.10 Å². The van der Waals surface area contributed by atoms with Gasteiger partial charge < -0.3 is 5.11 Å². The molecule has 0 unspecified atom stereocenters. The largest absolute Gasteiger partial charge is 0.476 e. The maximum absolute atomic E-state index is 11.4. The number of nitrogens with one attached hydrogen (secondary N) is 1. The van der Waals surface area contributed by atoms with Crippen molar-refractivity contribution in [3.63, 3.8) is 0 Å². The minimum absolute atomic E-state index is 0.00200. The van der Waals surface area contributed by atoms with Gasteiger partial charge in [-0.05, 0) is 35.7 Å². The molecule has 0 aliphatic heterocycles. The third-order valence-corrected chi connectivity index (χ3v) is 4.19. The SMILES string of the molecule is Cc1c[nH]nc1-c1cc(-n2nncc2C(=O)O)ccc1-c1ccccc1. The van der Waals surface area contributed by atoms with E-state index in [0.29, 0.717) is 5.69 Å². The number of carbonyl (C=O) groups is 1. The molecule has 2 aromatic heterocycles. The lowest BCUT2D eigenvalue weighted by Crippen LogP contribution is -2.08. The summed E-state index contributed by atoms with van der Waals surface area (Å²) >= 11 is 0. The zero-order valence-electron chi connectivity index (χ0n) is 13.9. The van der Waals surface area contributed by atoms with E-state index in [-0.39, 0.29) is 5.69 Å². The van der Waals surface area contributed by atoms with Crippen LogP contribution in [0.1, 0.15) is 16.1 Å². The molecule has 2 N–H and O–H groups in total. The number of aryl methyl sites for hydroxylation is 1. The van der Waals surface area contributed by atoms with Crippen molar-refractivity contribution in [3.8, 4) is 28.1 Å². The standard InChI is InChI=1S/C19H15N5O2/c1-12-10-20-22-18(12)16-9-14(24-17(19(25)26)11-21-23-24)7-8-15(16)13-5-3-2-4-6-13/h2-11H,1H3,(H,20,22)(H,25,26). The smallest absolute Gasteiger partial charge is 0.356 e. The Bertz CT molecular complexity index is 1080. The molecule has 128 valence electrons. The van der Waals surface area contributed by atoms with E-state index in [1.165, 1.54) is 10.9 Å². The number of benzene rings is 2. The van der Waals surface area contributed by atoms with Crippen molar-refractivity contribution in [2.75, 3.05) is 0 Å². The highest BCUT2D eigenvalue weighted by molar-refractivity contribution is 5.87. The van der Waals surface area contributed by atoms with Gasteiger partial charge in [0.25, 0.3) is 0 Å². The fourth-order valence-electron chi connectivity index (χ4n) is 2.92. The van der Waals surface area contributed by atoms with Crippen LogP contribution in [0, 0.1) is 6.92 Å². The van der Waals surface area contributed by atoms with E-state index in [1.807, 2.05) is 61.7 Å². The van der Waals surface area contributed by atoms with Crippen LogP contribution < -0.4 is 0 Å². The molecule has 0 saturated carbocycles. The number of carboxylic acid groups (broad SMARTS) is 1. The minimum atomic E-state index is -1.08. The zero-order chi connectivity index (χ0) is 18.1. The van der Waals surface area contributed by atoms with Crippen LogP contribution in [0.2, 0.25) is 0 Å². The van der Waals surface area contributed by atoms with Crippen molar-refractivity contribution in [1.29, 1.82) is 0 Å². The third kappa shape index (κ3) is 2.65. The number of hydrogen-bond donors (Lipinski definition) is 2. The van der Waals surface area contributed by atoms with Gasteiger partial charge in [0.05, 0.1) is 17.6 Å². The highest BCUT2D eigenvalue weighted by atomic mass is 16.4. The number of nitrogens with zero attached hydrogens (tertiary/aromatic N) is 4. The van der Waals surface area contributed by atoms with Crippen LogP contribution in [0.15, 0.2) is 60.9 Å². The average molecular weight is 345 g/mol. The first-order valence-corrected chi connectivity index (χ1v) is 8.00. The summed E-state index contributed by atoms with van der Waals surface area (Å²) in [6.45, 7) is 1.97. The Morgan fingerprint density at radius 2 is 1.92 bits per heavy atom. The van der Waals surface area contributed by atoms with E-state index in [2.05, 4.69) is 20.5 Å². The van der Waals surface area contributed by atoms with Crippen molar-refractivity contribution in [1.82, 2.24) is 25.2 Å². The number of carboxylic acids is 1. The first kappa shape index (κ1) is 15.8. The summed E-state index contributed by atoms with van der Waals surface area (Å²) in [5, 5.41) is 24.2. The van der Waals surface area contributed by atoms with Crippen LogP contribution in [0.3, 0.4) is 0 Å². The summed E-state index contributed by atoms with van der Waals surface area (Å²) < 4.78 is 1.31. The molecular formula is C19H15N5O2. The molecule has 4 rings (SSSR count). The molecule has 0 atom stereocenters. The van der Waals surface area contributed by atoms with Crippen molar-refractivity contribution in [2.24, 2.45) is 0 Å². The normalized spacial score (nSPS) is 10.8. The zero-order valence-corrected chi connectivity index (χ0v) is 13.9. The highest BCUT2D eigenvalue weighted by Crippen LogP contribution is 2.34. The maximum Gasteiger partial charge on any atom is 0.356 e. The van der Waals surface area contributed by atoms with Gasteiger partial charge in [0.15, 0.2) is 5.69 Å². The Balaban J connectivity index is 1.94. The fraction of sp³-hybridized carbons (Fsp3) is 0.0526. The van der Waals surface area contributed by atoms with Gasteiger partial charge in [0.2, 0.25) is 0 Å². The molecule has 7 heteroatoms. The molecule has 0 spiro atoms. The fourth-order valence-corrected chi connectivity index (χ4v) is 2.92. The molecule has 4 aromatic rings. The lowest BCUT2D eigenvalue weighted by Gasteiger charge is -2.12. The van der Waals surface area contributed by atoms with Crippen molar-refractivity contribution in [2.45, 2.75) is 6.92 Å². The number of aromatic amines is 1. The maximum atomic E-state index is 11.4. The number of hydrogen-bond acceptors (Lipinski definition) is 4. The lowest BCUT2D eigenvalue weighted by atomic mass is 9.95. The molecule has 7 nitrogen and oxygen atoms in total. The van der Waals surface area contributed by atoms with Gasteiger partial charge in [-0.3, -0.25) is 5.10 Å². The Kier molecular flexibility index (Phi) is 3.81. The predicted molar refractivity (Wildman–Crippen MR) is 96.1 cm³/mol. The topological polar surface area (TPSA) is 96.7 Å². The van der Waals surface area contributed by atoms with Crippen LogP contribution >= 0.6 is 0 Å². The van der Waals surface area contributed by atoms with Gasteiger partial charge in [-0.25, -0.2) is 9.48 Å². The lowest BCUT2D eigenvalue weighted by molar-refractivity contribution is 0.0687. The summed E-state index contributed by atoms with van der Waals surface area (Å²) in [5.74, 6) is -1.08. The number of H-pyrrole nitrogens is 1. The monoisotopic (exact) mass is 345 g/mol. The second kappa shape index (κ2) is 6.29. The number of aromatic carboxylic acids is 1. The van der Waals surface area contributed by atoms with E-state index >= 15 is 0 Å². The number of rotatable bonds is 4. The molecule has 0 aliphatic carbocycles. The predicted octanol–water partition coefficient (Wildman–Crippen LogP) is 3.33. The quantitative estimate of drug-likeness (QED) is 0.591. The first-order chi connectivity index (χ1) is 12.6. The second-order valence-electron chi connectivity index (χ2n) is 5.85. The van der Waals surface area contributed by atoms with Gasteiger partial charge in [0.1, 0.15) is 0 Å². The molecule has 0 amide bonds. The summed E-state index contributed by atoms with van der Waals surface area (Å²) in [6.07, 6.45) is 3.06. The van der Waals surface area contributed by atoms with E-state index < -0.39 is 5.97 Å². The van der Waals surface area contributed by atoms with Crippen LogP contribution in [-0.2, 0) is 0 Å². The van der Waals surface area contributed by atoms with Crippen LogP contribution in [0.25, 0.3) is 28.1 Å². The Morgan fingerprint density at radius 3 is 2.62 bits per heavy atom. The van der Waals surface area contributed by atoms with Crippen LogP contribution in [0.5, 0.6) is 0 Å². The summed E-state index contributed by atoms with van der Waals surface area (Å²) in [7, 11) is 0. The van der Waals surface area contributed by atoms with E-state index in [4.69, 9.17) is 0 Å². The molecule has 0 saturated heterocycles. The van der Waals surface area contributed by atoms with Crippen LogP contribution in [0.4, 0.5) is 0 Å². The van der Waals surface area contributed by atoms with Gasteiger partial charge in [-0.2, -0.15) is 5.10 Å². The molecule has 2 heterocycles. The molecule has 0 fully saturated rings. The minimum Gasteiger partial charge on any atom is -0.476 e. The van der Waals surface area contributed by atoms with E-state index in [0.717, 1.165) is 27.9 Å². The van der Waals surface area contributed by atoms with E-state index in [9.17, 15) is 9.90 Å². The molecule has 0 radical (unpaired) electrons. The molecule has 2 aromatic carbocycles. The molecule has 0 aliphatic rings. The average Bonchev–Trinajstić information content (AvgIpc) is 3.31. The van der Waals surface area contributed by atoms with Crippen LogP contribution in [-0.4, -0.2) is 36.3 Å². The Labute approximate surface area is 148 Å². The van der Waals surface area contributed by atoms with E-state index in [1.54, 1.807) is 0 Å². The highest BCUT2D eigenvalue weighted by Gasteiger charge is 2.17. The summed E-state index contributed by atoms with van der Waals surface area (Å²) in [6, 6.07) is 15.6. The number of aromatic nitrogens is 5. The van der Waals surface area contributed by atoms with Gasteiger partial charge in [0, 0.05) is 11.8 Å².